The average Bonchev–Trinajstić information content (AvgIpc) is 2.20. The first kappa shape index (κ1) is 11.6. The van der Waals surface area contributed by atoms with E-state index in [2.05, 4.69) is 0 Å². The summed E-state index contributed by atoms with van der Waals surface area (Å²) in [5.41, 5.74) is -1.93. The number of benzene rings is 1. The van der Waals surface area contributed by atoms with Crippen molar-refractivity contribution < 1.29 is 23.2 Å². The van der Waals surface area contributed by atoms with Crippen molar-refractivity contribution >= 4 is 11.4 Å². The van der Waals surface area contributed by atoms with Gasteiger partial charge in [-0.15, -0.1) is 0 Å². The first-order chi connectivity index (χ1) is 7.91. The highest BCUT2D eigenvalue weighted by Crippen LogP contribution is 2.33. The number of nitro groups is 1. The van der Waals surface area contributed by atoms with Crippen LogP contribution in [0.2, 0.25) is 0 Å². The molecule has 1 aromatic rings. The van der Waals surface area contributed by atoms with Gasteiger partial charge >= 0.3 is 5.69 Å². The lowest BCUT2D eigenvalue weighted by atomic mass is 10.1. The van der Waals surface area contributed by atoms with Gasteiger partial charge in [-0.25, -0.2) is 8.78 Å². The second-order valence-electron chi connectivity index (χ2n) is 3.67. The number of nitro benzene ring substituents is 1. The van der Waals surface area contributed by atoms with E-state index in [0.717, 1.165) is 4.90 Å². The van der Waals surface area contributed by atoms with E-state index in [9.17, 15) is 23.3 Å². The Morgan fingerprint density at radius 2 is 1.94 bits per heavy atom. The molecule has 0 bridgehead atoms. The fourth-order valence-corrected chi connectivity index (χ4v) is 1.63. The second-order valence-corrected chi connectivity index (χ2v) is 3.67. The number of aliphatic hydroxyl groups is 1. The van der Waals surface area contributed by atoms with Gasteiger partial charge in [-0.1, -0.05) is 0 Å². The summed E-state index contributed by atoms with van der Waals surface area (Å²) < 4.78 is 40.1. The molecule has 2 rings (SSSR count). The van der Waals surface area contributed by atoms with Crippen molar-refractivity contribution in [1.82, 2.24) is 0 Å². The molecule has 5 nitrogen and oxygen atoms in total. The fourth-order valence-electron chi connectivity index (χ4n) is 1.63. The summed E-state index contributed by atoms with van der Waals surface area (Å²) in [5.74, 6) is -4.53. The minimum Gasteiger partial charge on any atom is -0.389 e. The van der Waals surface area contributed by atoms with Gasteiger partial charge in [0.05, 0.1) is 17.1 Å². The van der Waals surface area contributed by atoms with Gasteiger partial charge in [0, 0.05) is 13.1 Å². The third-order valence-corrected chi connectivity index (χ3v) is 2.49. The van der Waals surface area contributed by atoms with Crippen LogP contribution in [0.3, 0.4) is 0 Å². The van der Waals surface area contributed by atoms with Crippen LogP contribution in [0.15, 0.2) is 6.07 Å². The predicted molar refractivity (Wildman–Crippen MR) is 51.2 cm³/mol. The van der Waals surface area contributed by atoms with Crippen LogP contribution >= 0.6 is 0 Å². The Bertz CT molecular complexity index is 489. The van der Waals surface area contributed by atoms with Gasteiger partial charge in [-0.3, -0.25) is 10.1 Å². The molecule has 8 heteroatoms. The molecule has 1 fully saturated rings. The SMILES string of the molecule is O=[N+]([O-])c1cc(F)c(N2CC(O)C2)c(F)c1F. The van der Waals surface area contributed by atoms with Crippen LogP contribution in [-0.4, -0.2) is 29.2 Å². The molecule has 1 N–H and O–H groups in total. The van der Waals surface area contributed by atoms with Crippen LogP contribution in [0.4, 0.5) is 24.5 Å². The van der Waals surface area contributed by atoms with Crippen molar-refractivity contribution in [3.05, 3.63) is 33.6 Å². The van der Waals surface area contributed by atoms with Gasteiger partial charge in [0.1, 0.15) is 5.69 Å². The van der Waals surface area contributed by atoms with Crippen molar-refractivity contribution in [3.63, 3.8) is 0 Å². The van der Waals surface area contributed by atoms with E-state index in [1.54, 1.807) is 0 Å². The minimum atomic E-state index is -1.70. The molecule has 0 atom stereocenters. The molecule has 1 aliphatic heterocycles. The van der Waals surface area contributed by atoms with Crippen molar-refractivity contribution in [2.24, 2.45) is 0 Å². The minimum absolute atomic E-state index is 0.0366. The summed E-state index contributed by atoms with van der Waals surface area (Å²) in [6, 6.07) is 0.332. The predicted octanol–water partition coefficient (Wildman–Crippen LogP) is 1.19. The standard InChI is InChI=1S/C9H7F3N2O3/c10-5-1-6(14(16)17)7(11)8(12)9(5)13-2-4(15)3-13/h1,4,15H,2-3H2. The molecule has 0 unspecified atom stereocenters. The topological polar surface area (TPSA) is 66.6 Å². The zero-order valence-corrected chi connectivity index (χ0v) is 8.36. The van der Waals surface area contributed by atoms with Gasteiger partial charge in [-0.05, 0) is 0 Å². The Kier molecular flexibility index (Phi) is 2.66. The van der Waals surface area contributed by atoms with E-state index < -0.39 is 39.9 Å². The fraction of sp³-hybridized carbons (Fsp3) is 0.333. The molecule has 0 aromatic heterocycles. The van der Waals surface area contributed by atoms with Crippen molar-refractivity contribution in [3.8, 4) is 0 Å². The van der Waals surface area contributed by atoms with Crippen molar-refractivity contribution in [2.45, 2.75) is 6.10 Å². The Labute approximate surface area is 93.2 Å². The second kappa shape index (κ2) is 3.88. The molecule has 1 saturated heterocycles. The Morgan fingerprint density at radius 1 is 1.35 bits per heavy atom. The largest absolute Gasteiger partial charge is 0.389 e. The molecule has 1 aliphatic rings. The van der Waals surface area contributed by atoms with Crippen LogP contribution in [0.25, 0.3) is 0 Å². The van der Waals surface area contributed by atoms with Crippen LogP contribution in [-0.2, 0) is 0 Å². The molecule has 0 amide bonds. The summed E-state index contributed by atoms with van der Waals surface area (Å²) in [6.07, 6.45) is -0.730. The maximum absolute atomic E-state index is 13.4. The van der Waals surface area contributed by atoms with Crippen LogP contribution in [0, 0.1) is 27.6 Å². The number of anilines is 1. The molecule has 0 aliphatic carbocycles. The number of halogens is 3. The Balaban J connectivity index is 2.48. The van der Waals surface area contributed by atoms with Gasteiger partial charge in [-0.2, -0.15) is 4.39 Å². The number of β-amino-alcohol motifs (C(OH)–C–C–N with tert-alkyl or cyclic N) is 1. The van der Waals surface area contributed by atoms with Gasteiger partial charge < -0.3 is 10.0 Å². The lowest BCUT2D eigenvalue weighted by Gasteiger charge is -2.37. The maximum atomic E-state index is 13.4. The van der Waals surface area contributed by atoms with Crippen LogP contribution in [0.1, 0.15) is 0 Å². The summed E-state index contributed by atoms with van der Waals surface area (Å²) in [5, 5.41) is 19.3. The average molecular weight is 248 g/mol. The number of nitrogens with zero attached hydrogens (tertiary/aromatic N) is 2. The maximum Gasteiger partial charge on any atom is 0.310 e. The number of hydrogen-bond donors (Lipinski definition) is 1. The number of hydrogen-bond acceptors (Lipinski definition) is 4. The molecule has 0 spiro atoms. The summed E-state index contributed by atoms with van der Waals surface area (Å²) in [4.78, 5) is 10.2. The lowest BCUT2D eigenvalue weighted by Crippen LogP contribution is -2.51. The third-order valence-electron chi connectivity index (χ3n) is 2.49. The molecular formula is C9H7F3N2O3. The lowest BCUT2D eigenvalue weighted by molar-refractivity contribution is -0.388. The highest BCUT2D eigenvalue weighted by Gasteiger charge is 2.33. The van der Waals surface area contributed by atoms with Crippen molar-refractivity contribution in [2.75, 3.05) is 18.0 Å². The first-order valence-electron chi connectivity index (χ1n) is 4.66. The first-order valence-corrected chi connectivity index (χ1v) is 4.66. The molecule has 92 valence electrons. The van der Waals surface area contributed by atoms with E-state index in [4.69, 9.17) is 5.11 Å². The number of aliphatic hydroxyl groups excluding tert-OH is 1. The third kappa shape index (κ3) is 1.80. The summed E-state index contributed by atoms with van der Waals surface area (Å²) in [7, 11) is 0. The summed E-state index contributed by atoms with van der Waals surface area (Å²) >= 11 is 0. The molecule has 1 heterocycles. The highest BCUT2D eigenvalue weighted by molar-refractivity contribution is 5.56. The molecule has 0 saturated carbocycles. The van der Waals surface area contributed by atoms with E-state index in [-0.39, 0.29) is 13.1 Å². The van der Waals surface area contributed by atoms with Crippen molar-refractivity contribution in [1.29, 1.82) is 0 Å². The van der Waals surface area contributed by atoms with Gasteiger partial charge in [0.2, 0.25) is 5.82 Å². The quantitative estimate of drug-likeness (QED) is 0.485. The van der Waals surface area contributed by atoms with Crippen LogP contribution < -0.4 is 4.90 Å². The highest BCUT2D eigenvalue weighted by atomic mass is 19.2. The Morgan fingerprint density at radius 3 is 2.41 bits per heavy atom. The zero-order valence-electron chi connectivity index (χ0n) is 8.36. The van der Waals surface area contributed by atoms with E-state index in [1.165, 1.54) is 0 Å². The van der Waals surface area contributed by atoms with E-state index in [1.807, 2.05) is 0 Å². The smallest absolute Gasteiger partial charge is 0.310 e. The molecule has 17 heavy (non-hydrogen) atoms. The summed E-state index contributed by atoms with van der Waals surface area (Å²) in [6.45, 7) is -0.0732. The zero-order chi connectivity index (χ0) is 12.7. The van der Waals surface area contributed by atoms with Gasteiger partial charge in [0.15, 0.2) is 11.6 Å². The normalized spacial score (nSPS) is 15.9. The van der Waals surface area contributed by atoms with E-state index >= 15 is 0 Å². The number of rotatable bonds is 2. The molecular weight excluding hydrogens is 241 g/mol. The van der Waals surface area contributed by atoms with Gasteiger partial charge in [0.25, 0.3) is 0 Å². The molecule has 1 aromatic carbocycles. The van der Waals surface area contributed by atoms with E-state index in [0.29, 0.717) is 6.07 Å². The monoisotopic (exact) mass is 248 g/mol. The Hall–Kier alpha value is -1.83. The van der Waals surface area contributed by atoms with Crippen LogP contribution in [0.5, 0.6) is 0 Å². The molecule has 0 radical (unpaired) electrons.